The quantitative estimate of drug-likeness (QED) is 0.837. The van der Waals surface area contributed by atoms with Gasteiger partial charge in [-0.25, -0.2) is 4.98 Å². The van der Waals surface area contributed by atoms with Gasteiger partial charge in [0, 0.05) is 25.0 Å². The van der Waals surface area contributed by atoms with E-state index in [1.54, 1.807) is 16.9 Å². The van der Waals surface area contributed by atoms with Crippen LogP contribution in [0.2, 0.25) is 0 Å². The highest BCUT2D eigenvalue weighted by Crippen LogP contribution is 2.05. The average Bonchev–Trinajstić information content (AvgIpc) is 2.92. The van der Waals surface area contributed by atoms with Crippen molar-refractivity contribution in [2.24, 2.45) is 0 Å². The molecule has 1 unspecified atom stereocenters. The van der Waals surface area contributed by atoms with Gasteiger partial charge in [-0.2, -0.15) is 5.10 Å². The van der Waals surface area contributed by atoms with E-state index < -0.39 is 0 Å². The molecule has 6 nitrogen and oxygen atoms in total. The fourth-order valence-electron chi connectivity index (χ4n) is 1.87. The predicted molar refractivity (Wildman–Crippen MR) is 77.6 cm³/mol. The molecule has 2 rings (SSSR count). The highest BCUT2D eigenvalue weighted by molar-refractivity contribution is 5.92. The molecule has 1 atom stereocenters. The molecule has 0 aliphatic heterocycles. The number of amides is 1. The van der Waals surface area contributed by atoms with Gasteiger partial charge in [-0.15, -0.1) is 0 Å². The molecule has 6 heteroatoms. The van der Waals surface area contributed by atoms with E-state index in [0.29, 0.717) is 18.1 Å². The van der Waals surface area contributed by atoms with Crippen molar-refractivity contribution in [3.8, 4) is 0 Å². The van der Waals surface area contributed by atoms with Crippen LogP contribution < -0.4 is 10.6 Å². The van der Waals surface area contributed by atoms with Crippen molar-refractivity contribution >= 4 is 11.7 Å². The molecule has 0 fully saturated rings. The third-order valence-corrected chi connectivity index (χ3v) is 2.74. The molecule has 2 aromatic rings. The maximum Gasteiger partial charge on any atom is 0.270 e. The second-order valence-corrected chi connectivity index (χ2v) is 4.54. The Labute approximate surface area is 118 Å². The molecule has 0 saturated carbocycles. The molecule has 2 N–H and O–H groups in total. The first kappa shape index (κ1) is 14.0. The van der Waals surface area contributed by atoms with E-state index in [0.717, 1.165) is 6.54 Å². The number of aromatic nitrogens is 3. The van der Waals surface area contributed by atoms with Crippen LogP contribution in [-0.2, 0) is 6.54 Å². The number of hydrogen-bond donors (Lipinski definition) is 2. The first-order valence-electron chi connectivity index (χ1n) is 6.68. The van der Waals surface area contributed by atoms with Crippen molar-refractivity contribution in [1.82, 2.24) is 20.1 Å². The highest BCUT2D eigenvalue weighted by Gasteiger charge is 2.12. The van der Waals surface area contributed by atoms with Crippen LogP contribution in [0.25, 0.3) is 0 Å². The number of anilines is 1. The zero-order valence-corrected chi connectivity index (χ0v) is 11.7. The Kier molecular flexibility index (Phi) is 4.70. The van der Waals surface area contributed by atoms with Crippen LogP contribution in [0, 0.1) is 0 Å². The van der Waals surface area contributed by atoms with Gasteiger partial charge in [-0.05, 0) is 32.0 Å². The number of carbonyl (C=O) groups excluding carboxylic acids is 1. The fraction of sp³-hybridized carbons (Fsp3) is 0.357. The first-order chi connectivity index (χ1) is 9.69. The fourth-order valence-corrected chi connectivity index (χ4v) is 1.87. The molecule has 106 valence electrons. The normalized spacial score (nSPS) is 11.9. The first-order valence-corrected chi connectivity index (χ1v) is 6.68. The van der Waals surface area contributed by atoms with Crippen molar-refractivity contribution in [3.63, 3.8) is 0 Å². The van der Waals surface area contributed by atoms with Crippen molar-refractivity contribution < 1.29 is 4.79 Å². The summed E-state index contributed by atoms with van der Waals surface area (Å²) in [6.07, 6.45) is 3.59. The number of nitrogens with zero attached hydrogens (tertiary/aromatic N) is 3. The third-order valence-electron chi connectivity index (χ3n) is 2.74. The van der Waals surface area contributed by atoms with Gasteiger partial charge < -0.3 is 10.6 Å². The summed E-state index contributed by atoms with van der Waals surface area (Å²) in [7, 11) is 0. The van der Waals surface area contributed by atoms with Crippen LogP contribution >= 0.6 is 0 Å². The Morgan fingerprint density at radius 3 is 2.95 bits per heavy atom. The zero-order valence-electron chi connectivity index (χ0n) is 11.7. The molecule has 0 aliphatic carbocycles. The topological polar surface area (TPSA) is 71.8 Å². The van der Waals surface area contributed by atoms with E-state index in [1.165, 1.54) is 0 Å². The lowest BCUT2D eigenvalue weighted by molar-refractivity contribution is 0.0931. The zero-order chi connectivity index (χ0) is 14.4. The van der Waals surface area contributed by atoms with Crippen LogP contribution in [0.4, 0.5) is 5.82 Å². The van der Waals surface area contributed by atoms with E-state index in [2.05, 4.69) is 20.7 Å². The Morgan fingerprint density at radius 1 is 1.40 bits per heavy atom. The number of rotatable bonds is 6. The summed E-state index contributed by atoms with van der Waals surface area (Å²) < 4.78 is 1.79. The molecule has 0 aliphatic rings. The molecule has 2 heterocycles. The van der Waals surface area contributed by atoms with Crippen LogP contribution in [-0.4, -0.2) is 33.3 Å². The van der Waals surface area contributed by atoms with Crippen molar-refractivity contribution in [2.45, 2.75) is 26.4 Å². The van der Waals surface area contributed by atoms with Gasteiger partial charge in [0.15, 0.2) is 0 Å². The smallest absolute Gasteiger partial charge is 0.270 e. The summed E-state index contributed by atoms with van der Waals surface area (Å²) in [5, 5.41) is 10.1. The number of carbonyl (C=O) groups is 1. The summed E-state index contributed by atoms with van der Waals surface area (Å²) in [5.41, 5.74) is 0.413. The van der Waals surface area contributed by atoms with Gasteiger partial charge in [-0.1, -0.05) is 6.07 Å². The SMILES string of the molecule is CCNc1cccc(C(=O)NC(C)Cn2cccn2)n1. The minimum atomic E-state index is -0.176. The molecule has 2 aromatic heterocycles. The number of nitrogens with one attached hydrogen (secondary N) is 2. The Hall–Kier alpha value is -2.37. The highest BCUT2D eigenvalue weighted by atomic mass is 16.1. The molecule has 0 saturated heterocycles. The van der Waals surface area contributed by atoms with Crippen molar-refractivity contribution in [2.75, 3.05) is 11.9 Å². The molecule has 1 amide bonds. The van der Waals surface area contributed by atoms with Gasteiger partial charge in [0.1, 0.15) is 11.5 Å². The molecule has 0 radical (unpaired) electrons. The molecular weight excluding hydrogens is 254 g/mol. The molecule has 0 bridgehead atoms. The molecular formula is C14H19N5O. The van der Waals surface area contributed by atoms with Gasteiger partial charge >= 0.3 is 0 Å². The minimum absolute atomic E-state index is 0.0213. The summed E-state index contributed by atoms with van der Waals surface area (Å²) in [4.78, 5) is 16.4. The Morgan fingerprint density at radius 2 is 2.25 bits per heavy atom. The lowest BCUT2D eigenvalue weighted by Gasteiger charge is -2.14. The second-order valence-electron chi connectivity index (χ2n) is 4.54. The van der Waals surface area contributed by atoms with Gasteiger partial charge in [0.2, 0.25) is 0 Å². The summed E-state index contributed by atoms with van der Waals surface area (Å²) in [6.45, 7) is 5.33. The van der Waals surface area contributed by atoms with E-state index in [-0.39, 0.29) is 11.9 Å². The van der Waals surface area contributed by atoms with Gasteiger partial charge in [0.05, 0.1) is 6.54 Å². The lowest BCUT2D eigenvalue weighted by Crippen LogP contribution is -2.36. The molecule has 20 heavy (non-hydrogen) atoms. The summed E-state index contributed by atoms with van der Waals surface area (Å²) in [5.74, 6) is 0.532. The van der Waals surface area contributed by atoms with Crippen LogP contribution in [0.15, 0.2) is 36.7 Å². The van der Waals surface area contributed by atoms with Gasteiger partial charge in [-0.3, -0.25) is 9.48 Å². The maximum absolute atomic E-state index is 12.1. The summed E-state index contributed by atoms with van der Waals surface area (Å²) in [6, 6.07) is 7.20. The average molecular weight is 273 g/mol. The number of pyridine rings is 1. The van der Waals surface area contributed by atoms with E-state index >= 15 is 0 Å². The molecule has 0 aromatic carbocycles. The van der Waals surface area contributed by atoms with Crippen LogP contribution in [0.5, 0.6) is 0 Å². The maximum atomic E-state index is 12.1. The summed E-state index contributed by atoms with van der Waals surface area (Å²) >= 11 is 0. The Balaban J connectivity index is 1.95. The third kappa shape index (κ3) is 3.81. The monoisotopic (exact) mass is 273 g/mol. The second kappa shape index (κ2) is 6.70. The lowest BCUT2D eigenvalue weighted by atomic mass is 10.3. The Bertz CT molecular complexity index is 552. The van der Waals surface area contributed by atoms with Crippen LogP contribution in [0.3, 0.4) is 0 Å². The largest absolute Gasteiger partial charge is 0.370 e. The van der Waals surface area contributed by atoms with Gasteiger partial charge in [0.25, 0.3) is 5.91 Å². The number of hydrogen-bond acceptors (Lipinski definition) is 4. The van der Waals surface area contributed by atoms with E-state index in [1.807, 2.05) is 38.2 Å². The van der Waals surface area contributed by atoms with E-state index in [4.69, 9.17) is 0 Å². The minimum Gasteiger partial charge on any atom is -0.370 e. The predicted octanol–water partition coefficient (Wildman–Crippen LogP) is 1.53. The van der Waals surface area contributed by atoms with Crippen LogP contribution in [0.1, 0.15) is 24.3 Å². The molecule has 0 spiro atoms. The standard InChI is InChI=1S/C14H19N5O/c1-3-15-13-7-4-6-12(18-13)14(20)17-11(2)10-19-9-5-8-16-19/h4-9,11H,3,10H2,1-2H3,(H,15,18)(H,17,20). The van der Waals surface area contributed by atoms with Crippen molar-refractivity contribution in [3.05, 3.63) is 42.4 Å². The van der Waals surface area contributed by atoms with Crippen molar-refractivity contribution in [1.29, 1.82) is 0 Å². The van der Waals surface area contributed by atoms with E-state index in [9.17, 15) is 4.79 Å².